The van der Waals surface area contributed by atoms with Gasteiger partial charge in [-0.05, 0) is 28.8 Å². The van der Waals surface area contributed by atoms with Gasteiger partial charge in [0, 0.05) is 6.07 Å². The predicted molar refractivity (Wildman–Crippen MR) is 145 cm³/mol. The van der Waals surface area contributed by atoms with Crippen LogP contribution in [-0.4, -0.2) is 25.3 Å². The summed E-state index contributed by atoms with van der Waals surface area (Å²) in [5.74, 6) is 0.410. The lowest BCUT2D eigenvalue weighted by molar-refractivity contribution is -0.594. The Hall–Kier alpha value is -5.31. The number of benzene rings is 3. The van der Waals surface area contributed by atoms with Gasteiger partial charge in [-0.2, -0.15) is 4.73 Å². The SMILES string of the molecule is COC(=O)c1cc(-c2cc(OC(c3ccccc3)c3ccccc3)c(OCc3ccc(OC)cc3)c[n+]2[O-])no1. The largest absolute Gasteiger partial charge is 0.618 e. The van der Waals surface area contributed by atoms with Gasteiger partial charge in [0.05, 0.1) is 20.3 Å². The van der Waals surface area contributed by atoms with E-state index in [0.717, 1.165) is 22.4 Å². The molecule has 202 valence electrons. The zero-order valence-corrected chi connectivity index (χ0v) is 21.9. The van der Waals surface area contributed by atoms with Crippen LogP contribution in [0.4, 0.5) is 0 Å². The molecule has 0 spiro atoms. The number of rotatable bonds is 10. The molecule has 9 nitrogen and oxygen atoms in total. The highest BCUT2D eigenvalue weighted by Crippen LogP contribution is 2.36. The van der Waals surface area contributed by atoms with Gasteiger partial charge in [-0.1, -0.05) is 78.0 Å². The molecule has 0 aliphatic heterocycles. The van der Waals surface area contributed by atoms with Crippen molar-refractivity contribution in [2.75, 3.05) is 14.2 Å². The summed E-state index contributed by atoms with van der Waals surface area (Å²) in [7, 11) is 2.83. The highest BCUT2D eigenvalue weighted by molar-refractivity contribution is 5.87. The number of ether oxygens (including phenoxy) is 4. The van der Waals surface area contributed by atoms with E-state index >= 15 is 0 Å². The third-order valence-electron chi connectivity index (χ3n) is 6.14. The average molecular weight is 539 g/mol. The summed E-state index contributed by atoms with van der Waals surface area (Å²) in [4.78, 5) is 11.9. The monoisotopic (exact) mass is 538 g/mol. The molecule has 0 saturated carbocycles. The summed E-state index contributed by atoms with van der Waals surface area (Å²) in [5, 5.41) is 17.0. The second kappa shape index (κ2) is 12.0. The smallest absolute Gasteiger partial charge is 0.376 e. The summed E-state index contributed by atoms with van der Waals surface area (Å²) in [5.41, 5.74) is 2.92. The minimum atomic E-state index is -0.708. The molecule has 0 fully saturated rings. The van der Waals surface area contributed by atoms with Crippen molar-refractivity contribution in [3.63, 3.8) is 0 Å². The van der Waals surface area contributed by atoms with E-state index in [0.29, 0.717) is 10.5 Å². The van der Waals surface area contributed by atoms with Crippen LogP contribution < -0.4 is 18.9 Å². The molecule has 2 aromatic heterocycles. The topological polar surface area (TPSA) is 107 Å². The van der Waals surface area contributed by atoms with Crippen LogP contribution in [0.25, 0.3) is 11.4 Å². The van der Waals surface area contributed by atoms with E-state index in [4.69, 9.17) is 18.7 Å². The number of nitrogens with zero attached hydrogens (tertiary/aromatic N) is 2. The van der Waals surface area contributed by atoms with E-state index in [9.17, 15) is 10.0 Å². The van der Waals surface area contributed by atoms with Crippen molar-refractivity contribution in [1.29, 1.82) is 0 Å². The van der Waals surface area contributed by atoms with Crippen LogP contribution in [0, 0.1) is 5.21 Å². The van der Waals surface area contributed by atoms with Gasteiger partial charge in [0.1, 0.15) is 18.5 Å². The average Bonchev–Trinajstić information content (AvgIpc) is 3.50. The Morgan fingerprint density at radius 1 is 0.900 bits per heavy atom. The van der Waals surface area contributed by atoms with Crippen molar-refractivity contribution < 1.29 is 33.0 Å². The van der Waals surface area contributed by atoms with E-state index in [1.807, 2.05) is 84.9 Å². The molecule has 0 atom stereocenters. The molecular weight excluding hydrogens is 512 g/mol. The van der Waals surface area contributed by atoms with Crippen molar-refractivity contribution in [2.45, 2.75) is 12.7 Å². The van der Waals surface area contributed by atoms with Gasteiger partial charge >= 0.3 is 5.97 Å². The third-order valence-corrected chi connectivity index (χ3v) is 6.14. The fourth-order valence-electron chi connectivity index (χ4n) is 4.07. The minimum absolute atomic E-state index is 0.102. The molecule has 9 heteroatoms. The van der Waals surface area contributed by atoms with Gasteiger partial charge in [-0.15, -0.1) is 0 Å². The van der Waals surface area contributed by atoms with Crippen molar-refractivity contribution in [1.82, 2.24) is 5.16 Å². The Balaban J connectivity index is 1.55. The van der Waals surface area contributed by atoms with Crippen molar-refractivity contribution in [3.05, 3.63) is 131 Å². The maximum atomic E-state index is 13.1. The first-order chi connectivity index (χ1) is 19.6. The molecule has 2 heterocycles. The van der Waals surface area contributed by atoms with Crippen molar-refractivity contribution in [2.24, 2.45) is 0 Å². The first-order valence-electron chi connectivity index (χ1n) is 12.4. The van der Waals surface area contributed by atoms with E-state index < -0.39 is 12.1 Å². The standard InChI is InChI=1S/C31H26N2O7/c1-36-24-15-13-21(14-16-24)20-38-29-19-33(35)26(25-17-28(40-32-25)31(34)37-2)18-27(29)39-30(22-9-5-3-6-10-22)23-11-7-4-8-12-23/h3-19,30H,20H2,1-2H3. The molecule has 0 amide bonds. The predicted octanol–water partition coefficient (Wildman–Crippen LogP) is 5.52. The molecule has 0 unspecified atom stereocenters. The Kier molecular flexibility index (Phi) is 7.92. The van der Waals surface area contributed by atoms with E-state index in [-0.39, 0.29) is 29.5 Å². The summed E-state index contributed by atoms with van der Waals surface area (Å²) in [6, 6.07) is 29.7. The van der Waals surface area contributed by atoms with Crippen molar-refractivity contribution in [3.8, 4) is 28.6 Å². The molecule has 3 aromatic carbocycles. The first-order valence-corrected chi connectivity index (χ1v) is 12.4. The van der Waals surface area contributed by atoms with Crippen LogP contribution >= 0.6 is 0 Å². The fourth-order valence-corrected chi connectivity index (χ4v) is 4.07. The number of pyridine rings is 1. The molecule has 5 rings (SSSR count). The number of methoxy groups -OCH3 is 2. The minimum Gasteiger partial charge on any atom is -0.618 e. The highest BCUT2D eigenvalue weighted by Gasteiger charge is 2.26. The van der Waals surface area contributed by atoms with Gasteiger partial charge in [0.2, 0.25) is 23.4 Å². The number of carbonyl (C=O) groups excluding carboxylic acids is 1. The molecule has 0 aliphatic carbocycles. The molecule has 0 N–H and O–H groups in total. The Morgan fingerprint density at radius 3 is 2.15 bits per heavy atom. The molecule has 0 radical (unpaired) electrons. The quantitative estimate of drug-likeness (QED) is 0.130. The van der Waals surface area contributed by atoms with Crippen LogP contribution in [0.15, 0.2) is 108 Å². The summed E-state index contributed by atoms with van der Waals surface area (Å²) in [6.07, 6.45) is 0.761. The van der Waals surface area contributed by atoms with Gasteiger partial charge in [-0.3, -0.25) is 0 Å². The van der Waals surface area contributed by atoms with Crippen LogP contribution in [0.1, 0.15) is 33.3 Å². The molecule has 0 saturated heterocycles. The third kappa shape index (κ3) is 5.88. The van der Waals surface area contributed by atoms with E-state index in [1.165, 1.54) is 25.4 Å². The second-order valence-corrected chi connectivity index (χ2v) is 8.74. The van der Waals surface area contributed by atoms with E-state index in [1.54, 1.807) is 7.11 Å². The Labute approximate surface area is 230 Å². The molecule has 0 aliphatic rings. The maximum absolute atomic E-state index is 13.1. The number of esters is 1. The lowest BCUT2D eigenvalue weighted by Crippen LogP contribution is -2.29. The highest BCUT2D eigenvalue weighted by atomic mass is 16.6. The lowest BCUT2D eigenvalue weighted by atomic mass is 10.0. The number of aromatic nitrogens is 2. The van der Waals surface area contributed by atoms with Gasteiger partial charge in [0.25, 0.3) is 0 Å². The summed E-state index contributed by atoms with van der Waals surface area (Å²) >= 11 is 0. The zero-order valence-electron chi connectivity index (χ0n) is 21.9. The number of hydrogen-bond donors (Lipinski definition) is 0. The van der Waals surface area contributed by atoms with Crippen LogP contribution in [0.5, 0.6) is 17.2 Å². The van der Waals surface area contributed by atoms with E-state index in [2.05, 4.69) is 9.89 Å². The Bertz CT molecular complexity index is 1530. The first kappa shape index (κ1) is 26.3. The summed E-state index contributed by atoms with van der Waals surface area (Å²) in [6.45, 7) is 0.178. The molecule has 40 heavy (non-hydrogen) atoms. The van der Waals surface area contributed by atoms with Gasteiger partial charge in [0.15, 0.2) is 11.4 Å². The van der Waals surface area contributed by atoms with Crippen LogP contribution in [0.3, 0.4) is 0 Å². The summed E-state index contributed by atoms with van der Waals surface area (Å²) < 4.78 is 28.3. The number of carbonyl (C=O) groups is 1. The molecular formula is C31H26N2O7. The number of hydrogen-bond acceptors (Lipinski definition) is 8. The van der Waals surface area contributed by atoms with Crippen molar-refractivity contribution >= 4 is 5.97 Å². The normalized spacial score (nSPS) is 10.8. The molecule has 5 aromatic rings. The maximum Gasteiger partial charge on any atom is 0.376 e. The molecule has 0 bridgehead atoms. The van der Waals surface area contributed by atoms with Gasteiger partial charge in [-0.25, -0.2) is 4.79 Å². The zero-order chi connectivity index (χ0) is 27.9. The second-order valence-electron chi connectivity index (χ2n) is 8.74. The van der Waals surface area contributed by atoms with Gasteiger partial charge < -0.3 is 28.7 Å². The Morgan fingerprint density at radius 2 is 1.55 bits per heavy atom. The van der Waals surface area contributed by atoms with Crippen LogP contribution in [0.2, 0.25) is 0 Å². The fraction of sp³-hybridized carbons (Fsp3) is 0.129. The lowest BCUT2D eigenvalue weighted by Gasteiger charge is -2.22. The van der Waals surface area contributed by atoms with Crippen LogP contribution in [-0.2, 0) is 11.3 Å².